The fourth-order valence-electron chi connectivity index (χ4n) is 5.96. The normalized spacial score (nSPS) is 16.9. The number of rotatable bonds is 12. The molecule has 2 heterocycles. The molecular formula is C41H40F5N3O3S. The lowest BCUT2D eigenvalue weighted by atomic mass is 10.00. The van der Waals surface area contributed by atoms with Crippen molar-refractivity contribution >= 4 is 28.6 Å². The van der Waals surface area contributed by atoms with Crippen molar-refractivity contribution in [3.63, 3.8) is 0 Å². The van der Waals surface area contributed by atoms with Crippen molar-refractivity contribution in [3.8, 4) is 11.1 Å². The Balaban J connectivity index is 1.51. The van der Waals surface area contributed by atoms with Crippen molar-refractivity contribution in [2.75, 3.05) is 33.4 Å². The van der Waals surface area contributed by atoms with Crippen molar-refractivity contribution in [2.45, 2.75) is 55.8 Å². The second kappa shape index (κ2) is 16.7. The van der Waals surface area contributed by atoms with Crippen LogP contribution in [0, 0.1) is 18.6 Å². The number of benzene rings is 4. The largest absolute Gasteiger partial charge is 0.416 e. The van der Waals surface area contributed by atoms with Crippen LogP contribution in [-0.2, 0) is 34.5 Å². The van der Waals surface area contributed by atoms with Gasteiger partial charge in [-0.3, -0.25) is 9.59 Å². The third kappa shape index (κ3) is 9.17. The quantitative estimate of drug-likeness (QED) is 0.0942. The first-order valence-corrected chi connectivity index (χ1v) is 17.7. The molecule has 0 unspecified atom stereocenters. The van der Waals surface area contributed by atoms with Crippen LogP contribution in [0.4, 0.5) is 22.0 Å². The first-order chi connectivity index (χ1) is 28.6. The fraction of sp³-hybridized carbons (Fsp3) is 0.317. The van der Waals surface area contributed by atoms with Crippen molar-refractivity contribution < 1.29 is 42.4 Å². The van der Waals surface area contributed by atoms with E-state index in [9.17, 15) is 32.2 Å². The van der Waals surface area contributed by atoms with Crippen LogP contribution in [0.2, 0.25) is 0 Å². The van der Waals surface area contributed by atoms with Gasteiger partial charge in [0, 0.05) is 62.0 Å². The Kier molecular flexibility index (Phi) is 9.09. The van der Waals surface area contributed by atoms with E-state index in [0.29, 0.717) is 53.7 Å². The van der Waals surface area contributed by atoms with Gasteiger partial charge in [0.05, 0.1) is 33.7 Å². The van der Waals surface area contributed by atoms with E-state index in [2.05, 4.69) is 0 Å². The van der Waals surface area contributed by atoms with E-state index < -0.39 is 99.6 Å². The molecule has 0 aliphatic carbocycles. The first kappa shape index (κ1) is 28.9. The average Bonchev–Trinajstić information content (AvgIpc) is 3.23. The Morgan fingerprint density at radius 2 is 1.68 bits per heavy atom. The van der Waals surface area contributed by atoms with E-state index in [0.717, 1.165) is 23.1 Å². The zero-order valence-electron chi connectivity index (χ0n) is 36.7. The summed E-state index contributed by atoms with van der Waals surface area (Å²) in [5.74, 6) is -4.47. The molecule has 1 saturated heterocycles. The standard InChI is InChI=1S/C41H40F5N3O3S/c1-27-6-15-36-34(22-27)37(50)23-39(53-26-31-4-3-5-35(42)40(31)43)49(36)25-38(51)48(33-16-18-47(19-17-33)20-21-52-2)24-28-7-9-29(10-8-28)30-11-13-32(14-12-30)41(44,45)46/h3-15,22-23,33H,16-21,24-26H2,1-2H3/i6D,15D,22D,23D,24D2,25D2. The molecule has 4 aromatic carbocycles. The van der Waals surface area contributed by atoms with E-state index in [1.165, 1.54) is 62.6 Å². The van der Waals surface area contributed by atoms with Gasteiger partial charge in [-0.2, -0.15) is 13.2 Å². The number of hydrogen-bond donors (Lipinski definition) is 0. The molecule has 53 heavy (non-hydrogen) atoms. The van der Waals surface area contributed by atoms with Crippen molar-refractivity contribution in [3.05, 3.63) is 135 Å². The van der Waals surface area contributed by atoms with Gasteiger partial charge < -0.3 is 19.1 Å². The molecular weight excluding hydrogens is 710 g/mol. The summed E-state index contributed by atoms with van der Waals surface area (Å²) in [6.45, 7) is -3.37. The number of pyridine rings is 1. The molecule has 1 amide bonds. The lowest BCUT2D eigenvalue weighted by Crippen LogP contribution is -2.48. The number of aromatic nitrogens is 1. The summed E-state index contributed by atoms with van der Waals surface area (Å²) in [5.41, 5.74) is -2.39. The molecule has 0 atom stereocenters. The summed E-state index contributed by atoms with van der Waals surface area (Å²) in [7, 11) is 1.54. The molecule has 5 aromatic rings. The number of nitrogens with zero attached hydrogens (tertiary/aromatic N) is 3. The molecule has 278 valence electrons. The minimum Gasteiger partial charge on any atom is -0.383 e. The number of thioether (sulfide) groups is 1. The average molecular weight is 758 g/mol. The highest BCUT2D eigenvalue weighted by atomic mass is 32.2. The molecule has 0 bridgehead atoms. The zero-order valence-corrected chi connectivity index (χ0v) is 29.6. The number of piperidine rings is 1. The highest BCUT2D eigenvalue weighted by Crippen LogP contribution is 2.32. The maximum Gasteiger partial charge on any atom is 0.416 e. The Labute approximate surface area is 320 Å². The second-order valence-corrected chi connectivity index (χ2v) is 13.4. The zero-order chi connectivity index (χ0) is 44.8. The predicted octanol–water partition coefficient (Wildman–Crippen LogP) is 8.71. The van der Waals surface area contributed by atoms with Crippen molar-refractivity contribution in [1.29, 1.82) is 0 Å². The van der Waals surface area contributed by atoms with Crippen LogP contribution < -0.4 is 5.43 Å². The van der Waals surface area contributed by atoms with Gasteiger partial charge in [0.2, 0.25) is 5.91 Å². The molecule has 6 nitrogen and oxygen atoms in total. The number of halogens is 5. The van der Waals surface area contributed by atoms with Gasteiger partial charge in [0.1, 0.15) is 6.50 Å². The highest BCUT2D eigenvalue weighted by molar-refractivity contribution is 7.98. The van der Waals surface area contributed by atoms with Crippen LogP contribution in [0.1, 0.15) is 46.1 Å². The third-order valence-corrected chi connectivity index (χ3v) is 9.84. The molecule has 1 aliphatic heterocycles. The maximum atomic E-state index is 15.2. The predicted molar refractivity (Wildman–Crippen MR) is 198 cm³/mol. The molecule has 0 N–H and O–H groups in total. The Morgan fingerprint density at radius 3 is 2.34 bits per heavy atom. The number of carbonyl (C=O) groups is 1. The van der Waals surface area contributed by atoms with Gasteiger partial charge >= 0.3 is 6.18 Å². The number of amides is 1. The molecule has 0 spiro atoms. The number of hydrogen-bond acceptors (Lipinski definition) is 5. The number of fused-ring (bicyclic) bond motifs is 1. The molecule has 1 aliphatic rings. The van der Waals surface area contributed by atoms with Gasteiger partial charge in [-0.1, -0.05) is 60.1 Å². The summed E-state index contributed by atoms with van der Waals surface area (Å²) >= 11 is 0.486. The van der Waals surface area contributed by atoms with Gasteiger partial charge in [-0.05, 0) is 66.7 Å². The maximum absolute atomic E-state index is 15.2. The van der Waals surface area contributed by atoms with E-state index in [1.807, 2.05) is 4.90 Å². The molecule has 0 radical (unpaired) electrons. The Morgan fingerprint density at radius 1 is 1.00 bits per heavy atom. The smallest absolute Gasteiger partial charge is 0.383 e. The van der Waals surface area contributed by atoms with Gasteiger partial charge in [-0.25, -0.2) is 8.78 Å². The van der Waals surface area contributed by atoms with Crippen LogP contribution in [0.3, 0.4) is 0 Å². The molecule has 0 saturated carbocycles. The van der Waals surface area contributed by atoms with Crippen LogP contribution in [0.5, 0.6) is 0 Å². The van der Waals surface area contributed by atoms with E-state index >= 15 is 4.79 Å². The lowest BCUT2D eigenvalue weighted by molar-refractivity contribution is -0.137. The topological polar surface area (TPSA) is 54.8 Å². The van der Waals surface area contributed by atoms with Crippen LogP contribution in [0.15, 0.2) is 101 Å². The summed E-state index contributed by atoms with van der Waals surface area (Å²) in [6.07, 6.45) is -4.25. The van der Waals surface area contributed by atoms with Gasteiger partial charge in [0.25, 0.3) is 0 Å². The first-order valence-electron chi connectivity index (χ1n) is 20.7. The van der Waals surface area contributed by atoms with E-state index in [-0.39, 0.29) is 29.5 Å². The van der Waals surface area contributed by atoms with Crippen molar-refractivity contribution in [2.24, 2.45) is 0 Å². The highest BCUT2D eigenvalue weighted by Gasteiger charge is 2.31. The molecule has 1 aromatic heterocycles. The molecule has 6 rings (SSSR count). The number of methoxy groups -OCH3 is 1. The summed E-state index contributed by atoms with van der Waals surface area (Å²) in [4.78, 5) is 31.8. The van der Waals surface area contributed by atoms with Gasteiger partial charge in [0.15, 0.2) is 17.1 Å². The van der Waals surface area contributed by atoms with Gasteiger partial charge in [-0.15, -0.1) is 11.8 Å². The summed E-state index contributed by atoms with van der Waals surface area (Å²) in [5, 5.41) is -1.26. The number of alkyl halides is 3. The molecule has 1 fully saturated rings. The number of carbonyl (C=O) groups excluding carboxylic acids is 1. The molecule has 12 heteroatoms. The number of likely N-dealkylation sites (tertiary alicyclic amines) is 1. The summed E-state index contributed by atoms with van der Waals surface area (Å²) < 4.78 is 148. The SMILES string of the molecule is [2H]c1c(C)c([2H])c2c(=O)c([2H])c(SCc3cccc(F)c3F)n(C([2H])([2H])C(=O)N(C3CCN(CCOC)CC3)C([2H])([2H])c3ccc(-c4ccc(C(F)(F)F)cc4)cc3)c2c1[2H]. The lowest BCUT2D eigenvalue weighted by Gasteiger charge is -2.39. The van der Waals surface area contributed by atoms with Crippen LogP contribution in [0.25, 0.3) is 22.0 Å². The monoisotopic (exact) mass is 757 g/mol. The second-order valence-electron chi connectivity index (χ2n) is 12.4. The number of ether oxygens (including phenoxy) is 1. The van der Waals surface area contributed by atoms with Crippen molar-refractivity contribution in [1.82, 2.24) is 14.4 Å². The fourth-order valence-corrected chi connectivity index (χ4v) is 6.91. The third-order valence-electron chi connectivity index (χ3n) is 8.83. The summed E-state index contributed by atoms with van der Waals surface area (Å²) in [6, 6.07) is 9.33. The Hall–Kier alpha value is -4.52. The minimum absolute atomic E-state index is 0.130. The van der Waals surface area contributed by atoms with E-state index in [4.69, 9.17) is 10.2 Å². The van der Waals surface area contributed by atoms with Crippen LogP contribution >= 0.6 is 11.8 Å². The van der Waals surface area contributed by atoms with Crippen LogP contribution in [-0.4, -0.2) is 59.7 Å². The van der Waals surface area contributed by atoms with E-state index in [1.54, 1.807) is 0 Å². The Bertz CT molecular complexity index is 2520. The minimum atomic E-state index is -4.56.